The molecular formula is C20H24N2O3. The Hall–Kier alpha value is -2.56. The number of anilines is 1. The topological polar surface area (TPSA) is 62.6 Å². The molecule has 0 bridgehead atoms. The fourth-order valence-corrected chi connectivity index (χ4v) is 3.27. The zero-order chi connectivity index (χ0) is 17.8. The van der Waals surface area contributed by atoms with Crippen molar-refractivity contribution in [2.24, 2.45) is 5.92 Å². The first-order chi connectivity index (χ1) is 12.1. The summed E-state index contributed by atoms with van der Waals surface area (Å²) in [5.74, 6) is 0.362. The maximum absolute atomic E-state index is 12.5. The first-order valence-corrected chi connectivity index (χ1v) is 8.87. The molecule has 5 nitrogen and oxygen atoms in total. The van der Waals surface area contributed by atoms with Crippen LogP contribution in [0.1, 0.15) is 48.4 Å². The third kappa shape index (κ3) is 3.76. The molecule has 132 valence electrons. The van der Waals surface area contributed by atoms with Crippen LogP contribution < -0.4 is 5.32 Å². The lowest BCUT2D eigenvalue weighted by Gasteiger charge is -2.28. The van der Waals surface area contributed by atoms with Gasteiger partial charge in [0.15, 0.2) is 5.76 Å². The Kier molecular flexibility index (Phi) is 5.22. The second-order valence-electron chi connectivity index (χ2n) is 6.44. The average molecular weight is 340 g/mol. The van der Waals surface area contributed by atoms with Crippen molar-refractivity contribution in [3.05, 3.63) is 53.5 Å². The largest absolute Gasteiger partial charge is 0.459 e. The van der Waals surface area contributed by atoms with Gasteiger partial charge in [-0.15, -0.1) is 0 Å². The SMILES string of the molecule is CCC(CC)C(=O)Nc1ccc2c(c1)CN(C(=O)c1ccco1)CC2. The Morgan fingerprint density at radius 1 is 1.20 bits per heavy atom. The molecule has 25 heavy (non-hydrogen) atoms. The quantitative estimate of drug-likeness (QED) is 0.899. The van der Waals surface area contributed by atoms with E-state index < -0.39 is 0 Å². The molecule has 5 heteroatoms. The van der Waals surface area contributed by atoms with Gasteiger partial charge in [-0.2, -0.15) is 0 Å². The second kappa shape index (κ2) is 7.55. The van der Waals surface area contributed by atoms with Gasteiger partial charge in [0.25, 0.3) is 5.91 Å². The van der Waals surface area contributed by atoms with Gasteiger partial charge in [-0.1, -0.05) is 19.9 Å². The molecule has 0 atom stereocenters. The number of rotatable bonds is 5. The van der Waals surface area contributed by atoms with Gasteiger partial charge in [-0.3, -0.25) is 9.59 Å². The number of nitrogens with zero attached hydrogens (tertiary/aromatic N) is 1. The zero-order valence-corrected chi connectivity index (χ0v) is 14.7. The van der Waals surface area contributed by atoms with E-state index in [1.165, 1.54) is 11.8 Å². The molecule has 0 aliphatic carbocycles. The van der Waals surface area contributed by atoms with Crippen LogP contribution in [0.15, 0.2) is 41.0 Å². The third-order valence-corrected chi connectivity index (χ3v) is 4.86. The molecule has 1 aliphatic heterocycles. The normalized spacial score (nSPS) is 13.6. The van der Waals surface area contributed by atoms with Gasteiger partial charge >= 0.3 is 0 Å². The van der Waals surface area contributed by atoms with Gasteiger partial charge in [0.05, 0.1) is 6.26 Å². The lowest BCUT2D eigenvalue weighted by Crippen LogP contribution is -2.35. The van der Waals surface area contributed by atoms with Crippen molar-refractivity contribution in [3.8, 4) is 0 Å². The Morgan fingerprint density at radius 3 is 2.68 bits per heavy atom. The number of hydrogen-bond acceptors (Lipinski definition) is 3. The maximum atomic E-state index is 12.5. The highest BCUT2D eigenvalue weighted by Crippen LogP contribution is 2.24. The van der Waals surface area contributed by atoms with Gasteiger partial charge < -0.3 is 14.6 Å². The van der Waals surface area contributed by atoms with Crippen LogP contribution in [0.4, 0.5) is 5.69 Å². The summed E-state index contributed by atoms with van der Waals surface area (Å²) in [6, 6.07) is 9.38. The van der Waals surface area contributed by atoms with Gasteiger partial charge in [0.2, 0.25) is 5.91 Å². The average Bonchev–Trinajstić information content (AvgIpc) is 3.16. The summed E-state index contributed by atoms with van der Waals surface area (Å²) in [5, 5.41) is 3.00. The highest BCUT2D eigenvalue weighted by atomic mass is 16.3. The molecule has 1 aliphatic rings. The van der Waals surface area contributed by atoms with E-state index in [0.29, 0.717) is 18.8 Å². The molecule has 0 fully saturated rings. The van der Waals surface area contributed by atoms with Gasteiger partial charge in [-0.05, 0) is 54.7 Å². The van der Waals surface area contributed by atoms with Crippen molar-refractivity contribution in [1.82, 2.24) is 4.90 Å². The Bertz CT molecular complexity index is 748. The van der Waals surface area contributed by atoms with Crippen molar-refractivity contribution in [2.75, 3.05) is 11.9 Å². The number of benzene rings is 1. The van der Waals surface area contributed by atoms with E-state index >= 15 is 0 Å². The number of nitrogens with one attached hydrogen (secondary N) is 1. The molecule has 0 saturated heterocycles. The predicted molar refractivity (Wildman–Crippen MR) is 96.3 cm³/mol. The standard InChI is InChI=1S/C20H24N2O3/c1-3-14(4-2)19(23)21-17-8-7-15-9-10-22(13-16(15)12-17)20(24)18-6-5-11-25-18/h5-8,11-12,14H,3-4,9-10,13H2,1-2H3,(H,21,23). The van der Waals surface area contributed by atoms with Gasteiger partial charge in [-0.25, -0.2) is 0 Å². The minimum absolute atomic E-state index is 0.0352. The highest BCUT2D eigenvalue weighted by molar-refractivity contribution is 5.93. The molecule has 1 N–H and O–H groups in total. The summed E-state index contributed by atoms with van der Waals surface area (Å²) in [6.45, 7) is 5.26. The van der Waals surface area contributed by atoms with E-state index in [4.69, 9.17) is 4.42 Å². The number of fused-ring (bicyclic) bond motifs is 1. The zero-order valence-electron chi connectivity index (χ0n) is 14.7. The molecule has 2 aromatic rings. The van der Waals surface area contributed by atoms with E-state index in [9.17, 15) is 9.59 Å². The van der Waals surface area contributed by atoms with Gasteiger partial charge in [0.1, 0.15) is 0 Å². The van der Waals surface area contributed by atoms with Crippen molar-refractivity contribution < 1.29 is 14.0 Å². The number of hydrogen-bond donors (Lipinski definition) is 1. The molecule has 2 amide bonds. The van der Waals surface area contributed by atoms with E-state index in [-0.39, 0.29) is 17.7 Å². The lowest BCUT2D eigenvalue weighted by atomic mass is 9.98. The summed E-state index contributed by atoms with van der Waals surface area (Å²) in [4.78, 5) is 26.5. The van der Waals surface area contributed by atoms with E-state index in [1.54, 1.807) is 17.0 Å². The summed E-state index contributed by atoms with van der Waals surface area (Å²) in [7, 11) is 0. The van der Waals surface area contributed by atoms with Crippen LogP contribution in [-0.4, -0.2) is 23.3 Å². The first-order valence-electron chi connectivity index (χ1n) is 8.87. The van der Waals surface area contributed by atoms with Crippen LogP contribution >= 0.6 is 0 Å². The fourth-order valence-electron chi connectivity index (χ4n) is 3.27. The van der Waals surface area contributed by atoms with E-state index in [1.807, 2.05) is 32.0 Å². The molecule has 0 radical (unpaired) electrons. The van der Waals surface area contributed by atoms with Crippen LogP contribution in [0.3, 0.4) is 0 Å². The van der Waals surface area contributed by atoms with Crippen LogP contribution in [0.25, 0.3) is 0 Å². The Balaban J connectivity index is 1.73. The number of carbonyl (C=O) groups excluding carboxylic acids is 2. The minimum Gasteiger partial charge on any atom is -0.459 e. The molecule has 0 saturated carbocycles. The Morgan fingerprint density at radius 2 is 2.00 bits per heavy atom. The van der Waals surface area contributed by atoms with Crippen LogP contribution in [0.2, 0.25) is 0 Å². The van der Waals surface area contributed by atoms with Crippen molar-refractivity contribution >= 4 is 17.5 Å². The van der Waals surface area contributed by atoms with Crippen molar-refractivity contribution in [2.45, 2.75) is 39.7 Å². The monoisotopic (exact) mass is 340 g/mol. The summed E-state index contributed by atoms with van der Waals surface area (Å²) in [5.41, 5.74) is 3.10. The number of amides is 2. The third-order valence-electron chi connectivity index (χ3n) is 4.86. The number of carbonyl (C=O) groups is 2. The van der Waals surface area contributed by atoms with Crippen LogP contribution in [-0.2, 0) is 17.8 Å². The summed E-state index contributed by atoms with van der Waals surface area (Å²) in [6.07, 6.45) is 3.98. The van der Waals surface area contributed by atoms with E-state index in [0.717, 1.165) is 30.5 Å². The molecule has 1 aromatic heterocycles. The smallest absolute Gasteiger partial charge is 0.289 e. The van der Waals surface area contributed by atoms with Crippen LogP contribution in [0.5, 0.6) is 0 Å². The number of furan rings is 1. The molecule has 0 unspecified atom stereocenters. The molecule has 2 heterocycles. The van der Waals surface area contributed by atoms with Gasteiger partial charge in [0, 0.05) is 24.7 Å². The molecule has 0 spiro atoms. The minimum atomic E-state index is -0.0953. The molecular weight excluding hydrogens is 316 g/mol. The summed E-state index contributed by atoms with van der Waals surface area (Å²) >= 11 is 0. The van der Waals surface area contributed by atoms with E-state index in [2.05, 4.69) is 5.32 Å². The lowest BCUT2D eigenvalue weighted by molar-refractivity contribution is -0.120. The van der Waals surface area contributed by atoms with Crippen LogP contribution in [0, 0.1) is 5.92 Å². The van der Waals surface area contributed by atoms with Crippen molar-refractivity contribution in [3.63, 3.8) is 0 Å². The fraction of sp³-hybridized carbons (Fsp3) is 0.400. The highest BCUT2D eigenvalue weighted by Gasteiger charge is 2.24. The predicted octanol–water partition coefficient (Wildman–Crippen LogP) is 3.85. The maximum Gasteiger partial charge on any atom is 0.289 e. The van der Waals surface area contributed by atoms with Crippen molar-refractivity contribution in [1.29, 1.82) is 0 Å². The molecule has 1 aromatic carbocycles. The summed E-state index contributed by atoms with van der Waals surface area (Å²) < 4.78 is 5.22. The Labute approximate surface area is 148 Å². The molecule has 3 rings (SSSR count). The first kappa shape index (κ1) is 17.3. The second-order valence-corrected chi connectivity index (χ2v) is 6.44.